The van der Waals surface area contributed by atoms with E-state index in [2.05, 4.69) is 24.4 Å². The zero-order chi connectivity index (χ0) is 11.1. The third kappa shape index (κ3) is 1.60. The van der Waals surface area contributed by atoms with Crippen LogP contribution in [-0.2, 0) is 6.42 Å². The minimum atomic E-state index is -0.252. The molecule has 1 aromatic rings. The van der Waals surface area contributed by atoms with Gasteiger partial charge in [0.1, 0.15) is 11.9 Å². The molecule has 1 saturated heterocycles. The second kappa shape index (κ2) is 3.75. The monoisotopic (exact) mass is 219 g/mol. The fraction of sp³-hybridized carbons (Fsp3) is 0.538. The van der Waals surface area contributed by atoms with Crippen LogP contribution in [0.2, 0.25) is 0 Å². The van der Waals surface area contributed by atoms with Crippen molar-refractivity contribution in [2.75, 3.05) is 6.54 Å². The zero-order valence-corrected chi connectivity index (χ0v) is 9.44. The maximum Gasteiger partial charge on any atom is 0.123 e. The van der Waals surface area contributed by atoms with Crippen molar-refractivity contribution in [2.24, 2.45) is 0 Å². The van der Waals surface area contributed by atoms with Gasteiger partial charge in [-0.1, -0.05) is 12.1 Å². The molecule has 0 bridgehead atoms. The van der Waals surface area contributed by atoms with Crippen molar-refractivity contribution in [1.29, 1.82) is 0 Å². The molecule has 16 heavy (non-hydrogen) atoms. The summed E-state index contributed by atoms with van der Waals surface area (Å²) in [6.45, 7) is 2.98. The summed E-state index contributed by atoms with van der Waals surface area (Å²) >= 11 is 0. The molecule has 86 valence electrons. The lowest BCUT2D eigenvalue weighted by molar-refractivity contribution is 0.160. The Bertz CT molecular complexity index is 405. The normalized spacial score (nSPS) is 32.5. The topological polar surface area (TPSA) is 41.5 Å². The molecule has 0 amide bonds. The summed E-state index contributed by atoms with van der Waals surface area (Å²) in [7, 11) is 0. The maximum absolute atomic E-state index is 9.85. The van der Waals surface area contributed by atoms with Crippen molar-refractivity contribution in [3.8, 4) is 5.75 Å². The Kier molecular flexibility index (Phi) is 2.37. The zero-order valence-electron chi connectivity index (χ0n) is 9.44. The largest absolute Gasteiger partial charge is 0.490 e. The first-order valence-corrected chi connectivity index (χ1v) is 5.95. The quantitative estimate of drug-likeness (QED) is 0.750. The summed E-state index contributed by atoms with van der Waals surface area (Å²) in [6.07, 6.45) is 1.85. The van der Waals surface area contributed by atoms with Gasteiger partial charge in [-0.15, -0.1) is 0 Å². The number of benzene rings is 1. The third-order valence-electron chi connectivity index (χ3n) is 3.47. The highest BCUT2D eigenvalue weighted by Gasteiger charge is 2.28. The van der Waals surface area contributed by atoms with Gasteiger partial charge < -0.3 is 15.2 Å². The number of fused-ring (bicyclic) bond motifs is 1. The van der Waals surface area contributed by atoms with Gasteiger partial charge in [0.15, 0.2) is 0 Å². The smallest absolute Gasteiger partial charge is 0.123 e. The summed E-state index contributed by atoms with van der Waals surface area (Å²) in [5.74, 6) is 1.00. The lowest BCUT2D eigenvalue weighted by atomic mass is 9.99. The van der Waals surface area contributed by atoms with E-state index in [9.17, 15) is 5.11 Å². The van der Waals surface area contributed by atoms with Crippen molar-refractivity contribution in [3.63, 3.8) is 0 Å². The first kappa shape index (κ1) is 10.1. The van der Waals surface area contributed by atoms with E-state index < -0.39 is 0 Å². The third-order valence-corrected chi connectivity index (χ3v) is 3.47. The van der Waals surface area contributed by atoms with E-state index in [1.54, 1.807) is 0 Å². The van der Waals surface area contributed by atoms with Crippen LogP contribution >= 0.6 is 0 Å². The van der Waals surface area contributed by atoms with E-state index in [4.69, 9.17) is 4.74 Å². The van der Waals surface area contributed by atoms with Crippen molar-refractivity contribution in [3.05, 3.63) is 29.3 Å². The van der Waals surface area contributed by atoms with Gasteiger partial charge in [0.25, 0.3) is 0 Å². The average molecular weight is 219 g/mol. The van der Waals surface area contributed by atoms with Crippen molar-refractivity contribution in [2.45, 2.75) is 38.0 Å². The molecule has 0 aliphatic carbocycles. The van der Waals surface area contributed by atoms with Crippen LogP contribution in [0.1, 0.15) is 30.5 Å². The van der Waals surface area contributed by atoms with Crippen LogP contribution in [0.15, 0.2) is 18.2 Å². The molecule has 3 atom stereocenters. The number of hydrogen-bond acceptors (Lipinski definition) is 3. The molecule has 3 heteroatoms. The van der Waals surface area contributed by atoms with E-state index in [-0.39, 0.29) is 18.2 Å². The molecule has 1 aromatic carbocycles. The number of nitrogens with one attached hydrogen (secondary N) is 1. The SMILES string of the molecule is CC1Cc2cc(C3NCCC3O)ccc2O1. The number of aliphatic hydroxyl groups excluding tert-OH is 1. The van der Waals surface area contributed by atoms with Crippen LogP contribution < -0.4 is 10.1 Å². The molecule has 3 unspecified atom stereocenters. The fourth-order valence-electron chi connectivity index (χ4n) is 2.66. The predicted molar refractivity (Wildman–Crippen MR) is 61.6 cm³/mol. The molecule has 2 N–H and O–H groups in total. The Hall–Kier alpha value is -1.06. The average Bonchev–Trinajstić information content (AvgIpc) is 2.81. The van der Waals surface area contributed by atoms with E-state index in [0.29, 0.717) is 0 Å². The number of aliphatic hydroxyl groups is 1. The Morgan fingerprint density at radius 2 is 2.31 bits per heavy atom. The van der Waals surface area contributed by atoms with Crippen LogP contribution in [0.3, 0.4) is 0 Å². The molecule has 0 spiro atoms. The lowest BCUT2D eigenvalue weighted by Gasteiger charge is -2.15. The minimum Gasteiger partial charge on any atom is -0.490 e. The molecule has 3 rings (SSSR count). The Balaban J connectivity index is 1.90. The van der Waals surface area contributed by atoms with Crippen LogP contribution in [0, 0.1) is 0 Å². The molecule has 2 aliphatic heterocycles. The molecule has 2 heterocycles. The summed E-state index contributed by atoms with van der Waals surface area (Å²) in [4.78, 5) is 0. The molecule has 0 aromatic heterocycles. The minimum absolute atomic E-state index is 0.0983. The first-order chi connectivity index (χ1) is 7.74. The highest BCUT2D eigenvalue weighted by Crippen LogP contribution is 2.33. The Morgan fingerprint density at radius 1 is 1.44 bits per heavy atom. The van der Waals surface area contributed by atoms with Gasteiger partial charge in [0.2, 0.25) is 0 Å². The Labute approximate surface area is 95.4 Å². The second-order valence-electron chi connectivity index (χ2n) is 4.79. The molecular formula is C13H17NO2. The van der Waals surface area contributed by atoms with Gasteiger partial charge in [0.05, 0.1) is 12.1 Å². The number of ether oxygens (including phenoxy) is 1. The second-order valence-corrected chi connectivity index (χ2v) is 4.79. The Morgan fingerprint density at radius 3 is 3.06 bits per heavy atom. The molecule has 2 aliphatic rings. The van der Waals surface area contributed by atoms with Gasteiger partial charge in [-0.05, 0) is 37.1 Å². The standard InChI is InChI=1S/C13H17NO2/c1-8-6-10-7-9(2-3-12(10)16-8)13-11(15)4-5-14-13/h2-3,7-8,11,13-15H,4-6H2,1H3. The van der Waals surface area contributed by atoms with Crippen molar-refractivity contribution >= 4 is 0 Å². The molecule has 3 nitrogen and oxygen atoms in total. The van der Waals surface area contributed by atoms with Crippen LogP contribution in [-0.4, -0.2) is 23.9 Å². The maximum atomic E-state index is 9.85. The van der Waals surface area contributed by atoms with Gasteiger partial charge in [-0.2, -0.15) is 0 Å². The van der Waals surface area contributed by atoms with E-state index in [1.165, 1.54) is 11.1 Å². The van der Waals surface area contributed by atoms with Crippen molar-refractivity contribution < 1.29 is 9.84 Å². The van der Waals surface area contributed by atoms with Crippen LogP contribution in [0.4, 0.5) is 0 Å². The molecule has 0 radical (unpaired) electrons. The van der Waals surface area contributed by atoms with Gasteiger partial charge in [0, 0.05) is 6.42 Å². The predicted octanol–water partition coefficient (Wildman–Crippen LogP) is 1.41. The van der Waals surface area contributed by atoms with Crippen LogP contribution in [0.5, 0.6) is 5.75 Å². The highest BCUT2D eigenvalue weighted by molar-refractivity contribution is 5.42. The van der Waals surface area contributed by atoms with Gasteiger partial charge >= 0.3 is 0 Å². The molecule has 0 saturated carbocycles. The van der Waals surface area contributed by atoms with E-state index in [0.717, 1.165) is 25.1 Å². The van der Waals surface area contributed by atoms with Crippen LogP contribution in [0.25, 0.3) is 0 Å². The van der Waals surface area contributed by atoms with Crippen molar-refractivity contribution in [1.82, 2.24) is 5.32 Å². The fourth-order valence-corrected chi connectivity index (χ4v) is 2.66. The highest BCUT2D eigenvalue weighted by atomic mass is 16.5. The summed E-state index contributed by atoms with van der Waals surface area (Å²) in [5.41, 5.74) is 2.45. The number of hydrogen-bond donors (Lipinski definition) is 2. The lowest BCUT2D eigenvalue weighted by Crippen LogP contribution is -2.20. The van der Waals surface area contributed by atoms with Gasteiger partial charge in [-0.25, -0.2) is 0 Å². The summed E-state index contributed by atoms with van der Waals surface area (Å²) in [5, 5.41) is 13.2. The van der Waals surface area contributed by atoms with E-state index >= 15 is 0 Å². The summed E-state index contributed by atoms with van der Waals surface area (Å²) < 4.78 is 5.67. The van der Waals surface area contributed by atoms with E-state index in [1.807, 2.05) is 6.07 Å². The summed E-state index contributed by atoms with van der Waals surface area (Å²) in [6, 6.07) is 6.36. The molecule has 1 fully saturated rings. The number of rotatable bonds is 1. The first-order valence-electron chi connectivity index (χ1n) is 5.95. The van der Waals surface area contributed by atoms with Gasteiger partial charge in [-0.3, -0.25) is 0 Å². The molecular weight excluding hydrogens is 202 g/mol.